The summed E-state index contributed by atoms with van der Waals surface area (Å²) in [6.45, 7) is 0.886. The monoisotopic (exact) mass is 575 g/mol. The Morgan fingerprint density at radius 2 is 1.77 bits per heavy atom. The Hall–Kier alpha value is -4.35. The molecule has 1 fully saturated rings. The lowest BCUT2D eigenvalue weighted by molar-refractivity contribution is -0.124. The number of carbonyl (C=O) groups is 3. The Balaban J connectivity index is 1.04. The fraction of sp³-hybridized carbons (Fsp3) is 0.172. The van der Waals surface area contributed by atoms with E-state index in [2.05, 4.69) is 10.9 Å². The maximum absolute atomic E-state index is 12.9. The average Bonchev–Trinajstić information content (AvgIpc) is 3.55. The van der Waals surface area contributed by atoms with Gasteiger partial charge < -0.3 is 14.2 Å². The first-order valence-electron chi connectivity index (χ1n) is 12.5. The fourth-order valence-corrected chi connectivity index (χ4v) is 5.26. The summed E-state index contributed by atoms with van der Waals surface area (Å²) in [5.41, 5.74) is 7.03. The van der Waals surface area contributed by atoms with Crippen LogP contribution in [0.1, 0.15) is 34.3 Å². The number of amides is 3. The molecular weight excluding hydrogens is 550 g/mol. The number of thiocarbonyl (C=S) groups is 1. The molecule has 0 radical (unpaired) electrons. The van der Waals surface area contributed by atoms with Gasteiger partial charge in [-0.05, 0) is 60.0 Å². The predicted molar refractivity (Wildman–Crippen MR) is 155 cm³/mol. The largest absolute Gasteiger partial charge is 0.489 e. The first-order valence-corrected chi connectivity index (χ1v) is 13.7. The van der Waals surface area contributed by atoms with E-state index in [9.17, 15) is 14.4 Å². The van der Waals surface area contributed by atoms with Crippen molar-refractivity contribution in [3.8, 4) is 17.2 Å². The SMILES string of the molecule is O=C(CCCN1C(=O)C(=Cc2ccc3c(c2)OCO3)SC1=S)NNC(=O)c1ccc(OCc2ccccc2)cc1. The van der Waals surface area contributed by atoms with E-state index < -0.39 is 5.91 Å². The number of carbonyl (C=O) groups excluding carboxylic acids is 3. The van der Waals surface area contributed by atoms with Gasteiger partial charge in [-0.2, -0.15) is 0 Å². The van der Waals surface area contributed by atoms with Crippen LogP contribution < -0.4 is 25.1 Å². The number of nitrogens with one attached hydrogen (secondary N) is 2. The Bertz CT molecular complexity index is 1460. The van der Waals surface area contributed by atoms with Gasteiger partial charge in [0, 0.05) is 18.5 Å². The molecule has 0 atom stereocenters. The van der Waals surface area contributed by atoms with Crippen LogP contribution >= 0.6 is 24.0 Å². The number of nitrogens with zero attached hydrogens (tertiary/aromatic N) is 1. The highest BCUT2D eigenvalue weighted by Crippen LogP contribution is 2.36. The molecule has 3 aromatic carbocycles. The van der Waals surface area contributed by atoms with Gasteiger partial charge in [-0.1, -0.05) is 60.4 Å². The number of benzene rings is 3. The molecule has 0 spiro atoms. The highest BCUT2D eigenvalue weighted by atomic mass is 32.2. The summed E-state index contributed by atoms with van der Waals surface area (Å²) >= 11 is 6.59. The maximum atomic E-state index is 12.9. The first kappa shape index (κ1) is 27.2. The molecule has 0 aliphatic carbocycles. The molecular formula is C29H25N3O6S2. The van der Waals surface area contributed by atoms with Gasteiger partial charge in [-0.25, -0.2) is 0 Å². The molecule has 5 rings (SSSR count). The van der Waals surface area contributed by atoms with E-state index in [-0.39, 0.29) is 31.6 Å². The average molecular weight is 576 g/mol. The maximum Gasteiger partial charge on any atom is 0.269 e. The Morgan fingerprint density at radius 3 is 2.58 bits per heavy atom. The molecule has 3 amide bonds. The smallest absolute Gasteiger partial charge is 0.269 e. The van der Waals surface area contributed by atoms with Crippen molar-refractivity contribution < 1.29 is 28.6 Å². The number of hydrogen-bond acceptors (Lipinski definition) is 8. The molecule has 2 aliphatic heterocycles. The van der Waals surface area contributed by atoms with Crippen LogP contribution in [0.25, 0.3) is 6.08 Å². The summed E-state index contributed by atoms with van der Waals surface area (Å²) in [6, 6.07) is 21.8. The van der Waals surface area contributed by atoms with Crippen LogP contribution in [-0.2, 0) is 16.2 Å². The number of hydrogen-bond donors (Lipinski definition) is 2. The normalized spacial score (nSPS) is 14.9. The lowest BCUT2D eigenvalue weighted by Gasteiger charge is -2.14. The third-order valence-corrected chi connectivity index (χ3v) is 7.41. The first-order chi connectivity index (χ1) is 19.5. The zero-order chi connectivity index (χ0) is 27.9. The quantitative estimate of drug-likeness (QED) is 0.219. The van der Waals surface area contributed by atoms with Crippen LogP contribution in [0.15, 0.2) is 77.7 Å². The van der Waals surface area contributed by atoms with Crippen molar-refractivity contribution in [3.05, 3.63) is 94.4 Å². The van der Waals surface area contributed by atoms with Gasteiger partial charge in [0.25, 0.3) is 11.8 Å². The zero-order valence-corrected chi connectivity index (χ0v) is 22.9. The van der Waals surface area contributed by atoms with Gasteiger partial charge in [-0.15, -0.1) is 0 Å². The predicted octanol–water partition coefficient (Wildman–Crippen LogP) is 4.44. The number of rotatable bonds is 9. The van der Waals surface area contributed by atoms with Crippen molar-refractivity contribution in [1.82, 2.24) is 15.8 Å². The molecule has 204 valence electrons. The summed E-state index contributed by atoms with van der Waals surface area (Å²) < 4.78 is 16.9. The topological polar surface area (TPSA) is 106 Å². The molecule has 11 heteroatoms. The van der Waals surface area contributed by atoms with Gasteiger partial charge in [0.2, 0.25) is 12.7 Å². The lowest BCUT2D eigenvalue weighted by Crippen LogP contribution is -2.41. The summed E-state index contributed by atoms with van der Waals surface area (Å²) in [4.78, 5) is 39.5. The van der Waals surface area contributed by atoms with Crippen LogP contribution in [0.4, 0.5) is 0 Å². The van der Waals surface area contributed by atoms with E-state index >= 15 is 0 Å². The lowest BCUT2D eigenvalue weighted by atomic mass is 10.2. The second-order valence-electron chi connectivity index (χ2n) is 8.85. The standard InChI is InChI=1S/C29H25N3O6S2/c33-26(30-31-27(34)21-9-11-22(12-10-21)36-17-19-5-2-1-3-6-19)7-4-14-32-28(35)25(40-29(32)39)16-20-8-13-23-24(15-20)38-18-37-23/h1-3,5-6,8-13,15-16H,4,7,14,17-18H2,(H,30,33)(H,31,34). The molecule has 1 saturated heterocycles. The highest BCUT2D eigenvalue weighted by molar-refractivity contribution is 8.26. The minimum atomic E-state index is -0.450. The minimum absolute atomic E-state index is 0.102. The van der Waals surface area contributed by atoms with Crippen molar-refractivity contribution in [3.63, 3.8) is 0 Å². The summed E-state index contributed by atoms with van der Waals surface area (Å²) in [5.74, 6) is 0.892. The van der Waals surface area contributed by atoms with E-state index in [0.29, 0.717) is 45.1 Å². The van der Waals surface area contributed by atoms with Crippen LogP contribution in [0.5, 0.6) is 17.2 Å². The molecule has 3 aromatic rings. The Kier molecular flexibility index (Phi) is 8.62. The molecule has 0 unspecified atom stereocenters. The van der Waals surface area contributed by atoms with Gasteiger partial charge >= 0.3 is 0 Å². The summed E-state index contributed by atoms with van der Waals surface area (Å²) in [6.07, 6.45) is 2.23. The molecule has 0 aromatic heterocycles. The van der Waals surface area contributed by atoms with E-state index in [4.69, 9.17) is 26.4 Å². The van der Waals surface area contributed by atoms with Crippen molar-refractivity contribution in [2.45, 2.75) is 19.4 Å². The second kappa shape index (κ2) is 12.7. The van der Waals surface area contributed by atoms with Crippen LogP contribution in [0.3, 0.4) is 0 Å². The van der Waals surface area contributed by atoms with E-state index in [0.717, 1.165) is 11.1 Å². The van der Waals surface area contributed by atoms with Crippen molar-refractivity contribution in [2.24, 2.45) is 0 Å². The van der Waals surface area contributed by atoms with Gasteiger partial charge in [0.1, 0.15) is 16.7 Å². The summed E-state index contributed by atoms with van der Waals surface area (Å²) in [5, 5.41) is 0. The number of hydrazine groups is 1. The molecule has 0 saturated carbocycles. The zero-order valence-electron chi connectivity index (χ0n) is 21.3. The van der Waals surface area contributed by atoms with Crippen LogP contribution in [-0.4, -0.2) is 40.3 Å². The molecule has 2 aliphatic rings. The molecule has 40 heavy (non-hydrogen) atoms. The molecule has 2 N–H and O–H groups in total. The third kappa shape index (κ3) is 6.80. The number of thioether (sulfide) groups is 1. The molecule has 2 heterocycles. The van der Waals surface area contributed by atoms with Gasteiger partial charge in [0.05, 0.1) is 4.91 Å². The number of fused-ring (bicyclic) bond motifs is 1. The second-order valence-corrected chi connectivity index (χ2v) is 10.5. The Labute approximate surface area is 240 Å². The van der Waals surface area contributed by atoms with Gasteiger partial charge in [-0.3, -0.25) is 30.1 Å². The summed E-state index contributed by atoms with van der Waals surface area (Å²) in [7, 11) is 0. The van der Waals surface area contributed by atoms with E-state index in [1.165, 1.54) is 16.7 Å². The molecule has 0 bridgehead atoms. The number of ether oxygens (including phenoxy) is 3. The van der Waals surface area contributed by atoms with Crippen molar-refractivity contribution >= 4 is 52.1 Å². The van der Waals surface area contributed by atoms with Crippen LogP contribution in [0.2, 0.25) is 0 Å². The Morgan fingerprint density at radius 1 is 1.00 bits per heavy atom. The highest BCUT2D eigenvalue weighted by Gasteiger charge is 2.31. The van der Waals surface area contributed by atoms with Crippen molar-refractivity contribution in [2.75, 3.05) is 13.3 Å². The van der Waals surface area contributed by atoms with Crippen molar-refractivity contribution in [1.29, 1.82) is 0 Å². The van der Waals surface area contributed by atoms with E-state index in [1.54, 1.807) is 36.4 Å². The van der Waals surface area contributed by atoms with Crippen LogP contribution in [0, 0.1) is 0 Å². The third-order valence-electron chi connectivity index (χ3n) is 6.03. The van der Waals surface area contributed by atoms with Gasteiger partial charge in [0.15, 0.2) is 11.5 Å². The molecule has 9 nitrogen and oxygen atoms in total. The fourth-order valence-electron chi connectivity index (χ4n) is 3.95. The van der Waals surface area contributed by atoms with E-state index in [1.807, 2.05) is 42.5 Å². The minimum Gasteiger partial charge on any atom is -0.489 e.